The van der Waals surface area contributed by atoms with Crippen LogP contribution in [0.4, 0.5) is 5.95 Å². The third kappa shape index (κ3) is 3.66. The lowest BCUT2D eigenvalue weighted by Crippen LogP contribution is -2.41. The molecule has 0 bridgehead atoms. The van der Waals surface area contributed by atoms with E-state index in [1.54, 1.807) is 0 Å². The second-order valence-corrected chi connectivity index (χ2v) is 7.72. The highest BCUT2D eigenvalue weighted by Crippen LogP contribution is 2.35. The molecule has 27 heavy (non-hydrogen) atoms. The number of anilines is 1. The molecule has 2 aromatic rings. The number of carbonyl (C=O) groups excluding carboxylic acids is 1. The SMILES string of the molecule is O=C(NCC1(CO)CCCCC1)c1nc(N2CCOCC2)n2ccccc12. The summed E-state index contributed by atoms with van der Waals surface area (Å²) in [6.07, 6.45) is 7.32. The van der Waals surface area contributed by atoms with Gasteiger partial charge in [0.15, 0.2) is 5.69 Å². The Hall–Kier alpha value is -2.12. The van der Waals surface area contributed by atoms with Crippen LogP contribution in [-0.2, 0) is 4.74 Å². The van der Waals surface area contributed by atoms with Gasteiger partial charge in [-0.2, -0.15) is 0 Å². The number of ether oxygens (including phenoxy) is 1. The van der Waals surface area contributed by atoms with Crippen LogP contribution in [0, 0.1) is 5.41 Å². The second-order valence-electron chi connectivity index (χ2n) is 7.72. The third-order valence-electron chi connectivity index (χ3n) is 5.91. The second kappa shape index (κ2) is 7.86. The van der Waals surface area contributed by atoms with Gasteiger partial charge in [0.2, 0.25) is 5.95 Å². The first-order valence-electron chi connectivity index (χ1n) is 9.91. The summed E-state index contributed by atoms with van der Waals surface area (Å²) >= 11 is 0. The van der Waals surface area contributed by atoms with Crippen LogP contribution in [-0.4, -0.2) is 59.9 Å². The Bertz CT molecular complexity index is 792. The minimum atomic E-state index is -0.184. The number of carbonyl (C=O) groups is 1. The zero-order valence-electron chi connectivity index (χ0n) is 15.7. The van der Waals surface area contributed by atoms with Gasteiger partial charge >= 0.3 is 0 Å². The molecule has 7 heteroatoms. The quantitative estimate of drug-likeness (QED) is 0.837. The fraction of sp³-hybridized carbons (Fsp3) is 0.600. The van der Waals surface area contributed by atoms with E-state index in [1.807, 2.05) is 28.8 Å². The number of nitrogens with one attached hydrogen (secondary N) is 1. The molecule has 1 saturated carbocycles. The van der Waals surface area contributed by atoms with Gasteiger partial charge in [0, 0.05) is 31.2 Å². The van der Waals surface area contributed by atoms with Gasteiger partial charge in [0.1, 0.15) is 0 Å². The molecule has 4 rings (SSSR count). The Morgan fingerprint density at radius 2 is 2.00 bits per heavy atom. The van der Waals surface area contributed by atoms with E-state index in [9.17, 15) is 9.90 Å². The first kappa shape index (κ1) is 18.3. The molecule has 3 heterocycles. The lowest BCUT2D eigenvalue weighted by molar-refractivity contribution is 0.0716. The lowest BCUT2D eigenvalue weighted by Gasteiger charge is -2.35. The van der Waals surface area contributed by atoms with Crippen molar-refractivity contribution in [1.82, 2.24) is 14.7 Å². The summed E-state index contributed by atoms with van der Waals surface area (Å²) in [7, 11) is 0. The first-order valence-corrected chi connectivity index (χ1v) is 9.91. The van der Waals surface area contributed by atoms with Gasteiger partial charge in [-0.05, 0) is 25.0 Å². The molecule has 1 saturated heterocycles. The molecule has 0 spiro atoms. The van der Waals surface area contributed by atoms with Crippen LogP contribution in [0.1, 0.15) is 42.6 Å². The Morgan fingerprint density at radius 1 is 1.22 bits per heavy atom. The molecule has 7 nitrogen and oxygen atoms in total. The van der Waals surface area contributed by atoms with E-state index in [2.05, 4.69) is 15.2 Å². The molecule has 1 aliphatic heterocycles. The van der Waals surface area contributed by atoms with Crippen LogP contribution in [0.2, 0.25) is 0 Å². The maximum absolute atomic E-state index is 12.9. The topological polar surface area (TPSA) is 79.1 Å². The number of hydrogen-bond acceptors (Lipinski definition) is 5. The predicted molar refractivity (Wildman–Crippen MR) is 103 cm³/mol. The standard InChI is InChI=1S/C20H28N4O3/c25-15-20(7-3-1-4-8-20)14-21-18(26)17-16-6-2-5-9-24(16)19(22-17)23-10-12-27-13-11-23/h2,5-6,9,25H,1,3-4,7-8,10-15H2,(H,21,26). The molecule has 2 aliphatic rings. The molecule has 0 radical (unpaired) electrons. The van der Waals surface area contributed by atoms with Crippen molar-refractivity contribution in [1.29, 1.82) is 0 Å². The Balaban J connectivity index is 1.56. The monoisotopic (exact) mass is 372 g/mol. The summed E-state index contributed by atoms with van der Waals surface area (Å²) in [4.78, 5) is 19.8. The molecule has 0 aromatic carbocycles. The van der Waals surface area contributed by atoms with E-state index >= 15 is 0 Å². The van der Waals surface area contributed by atoms with Crippen LogP contribution in [0.15, 0.2) is 24.4 Å². The number of morpholine rings is 1. The van der Waals surface area contributed by atoms with E-state index in [0.29, 0.717) is 25.5 Å². The average molecular weight is 372 g/mol. The predicted octanol–water partition coefficient (Wildman–Crippen LogP) is 1.84. The number of aliphatic hydroxyl groups excluding tert-OH is 1. The largest absolute Gasteiger partial charge is 0.396 e. The Kier molecular flexibility index (Phi) is 5.31. The van der Waals surface area contributed by atoms with Crippen LogP contribution < -0.4 is 10.2 Å². The van der Waals surface area contributed by atoms with Crippen LogP contribution in [0.5, 0.6) is 0 Å². The van der Waals surface area contributed by atoms with E-state index in [1.165, 1.54) is 6.42 Å². The first-order chi connectivity index (χ1) is 13.2. The minimum absolute atomic E-state index is 0.121. The third-order valence-corrected chi connectivity index (χ3v) is 5.91. The van der Waals surface area contributed by atoms with Gasteiger partial charge in [-0.1, -0.05) is 25.3 Å². The zero-order valence-corrected chi connectivity index (χ0v) is 15.7. The van der Waals surface area contributed by atoms with Gasteiger partial charge in [-0.3, -0.25) is 9.20 Å². The van der Waals surface area contributed by atoms with Crippen LogP contribution in [0.25, 0.3) is 5.52 Å². The molecule has 2 N–H and O–H groups in total. The molecular weight excluding hydrogens is 344 g/mol. The summed E-state index contributed by atoms with van der Waals surface area (Å²) in [6.45, 7) is 3.49. The molecule has 0 unspecified atom stereocenters. The summed E-state index contributed by atoms with van der Waals surface area (Å²) < 4.78 is 7.41. The highest BCUT2D eigenvalue weighted by molar-refractivity contribution is 5.99. The molecule has 146 valence electrons. The number of imidazole rings is 1. The number of rotatable bonds is 5. The number of amides is 1. The summed E-state index contributed by atoms with van der Waals surface area (Å²) in [6, 6.07) is 5.80. The normalized spacial score (nSPS) is 20.0. The fourth-order valence-electron chi connectivity index (χ4n) is 4.22. The van der Waals surface area contributed by atoms with Gasteiger partial charge in [0.05, 0.1) is 25.3 Å². The van der Waals surface area contributed by atoms with Crippen molar-refractivity contribution in [2.45, 2.75) is 32.1 Å². The van der Waals surface area contributed by atoms with Gasteiger partial charge in [-0.15, -0.1) is 0 Å². The number of pyridine rings is 1. The highest BCUT2D eigenvalue weighted by atomic mass is 16.5. The summed E-state index contributed by atoms with van der Waals surface area (Å²) in [5, 5.41) is 12.9. The molecule has 0 atom stereocenters. The maximum atomic E-state index is 12.9. The van der Waals surface area contributed by atoms with Crippen LogP contribution in [0.3, 0.4) is 0 Å². The number of hydrogen-bond donors (Lipinski definition) is 2. The summed E-state index contributed by atoms with van der Waals surface area (Å²) in [5.74, 6) is 0.616. The van der Waals surface area contributed by atoms with Crippen molar-refractivity contribution in [3.8, 4) is 0 Å². The van der Waals surface area contributed by atoms with Gasteiger partial charge < -0.3 is 20.1 Å². The van der Waals surface area contributed by atoms with E-state index in [-0.39, 0.29) is 17.9 Å². The smallest absolute Gasteiger partial charge is 0.272 e. The maximum Gasteiger partial charge on any atom is 0.272 e. The van der Waals surface area contributed by atoms with Crippen LogP contribution >= 0.6 is 0 Å². The van der Waals surface area contributed by atoms with E-state index < -0.39 is 0 Å². The lowest BCUT2D eigenvalue weighted by atomic mass is 9.74. The Morgan fingerprint density at radius 3 is 2.74 bits per heavy atom. The van der Waals surface area contributed by atoms with Crippen molar-refractivity contribution in [2.75, 3.05) is 44.4 Å². The van der Waals surface area contributed by atoms with Gasteiger partial charge in [-0.25, -0.2) is 4.98 Å². The van der Waals surface area contributed by atoms with Crippen molar-refractivity contribution < 1.29 is 14.6 Å². The number of aliphatic hydroxyl groups is 1. The zero-order chi connectivity index (χ0) is 18.7. The number of fused-ring (bicyclic) bond motifs is 1. The number of nitrogens with zero attached hydrogens (tertiary/aromatic N) is 3. The Labute approximate surface area is 159 Å². The average Bonchev–Trinajstić information content (AvgIpc) is 3.13. The molecule has 1 amide bonds. The molecule has 1 aliphatic carbocycles. The molecule has 2 fully saturated rings. The molecule has 2 aromatic heterocycles. The van der Waals surface area contributed by atoms with E-state index in [0.717, 1.165) is 50.2 Å². The highest BCUT2D eigenvalue weighted by Gasteiger charge is 2.32. The van der Waals surface area contributed by atoms with Crippen molar-refractivity contribution in [2.24, 2.45) is 5.41 Å². The van der Waals surface area contributed by atoms with E-state index in [4.69, 9.17) is 4.74 Å². The molecular formula is C20H28N4O3. The van der Waals surface area contributed by atoms with Gasteiger partial charge in [0.25, 0.3) is 5.91 Å². The minimum Gasteiger partial charge on any atom is -0.396 e. The van der Waals surface area contributed by atoms with Crippen molar-refractivity contribution in [3.63, 3.8) is 0 Å². The fourth-order valence-corrected chi connectivity index (χ4v) is 4.22. The van der Waals surface area contributed by atoms with Crippen molar-refractivity contribution >= 4 is 17.4 Å². The van der Waals surface area contributed by atoms with Crippen molar-refractivity contribution in [3.05, 3.63) is 30.1 Å². The summed E-state index contributed by atoms with van der Waals surface area (Å²) in [5.41, 5.74) is 1.07. The number of aromatic nitrogens is 2.